The molecule has 14 heteroatoms. The van der Waals surface area contributed by atoms with E-state index in [1.54, 1.807) is 0 Å². The number of fused-ring (bicyclic) bond motifs is 2. The number of carbonyl (C=O) groups is 1. The summed E-state index contributed by atoms with van der Waals surface area (Å²) in [5, 5.41) is 2.86. The Hall–Kier alpha value is -5.50. The van der Waals surface area contributed by atoms with Crippen LogP contribution in [-0.2, 0) is 10.0 Å². The summed E-state index contributed by atoms with van der Waals surface area (Å²) in [4.78, 5) is 39.5. The average molecular weight is 617 g/mol. The Balaban J connectivity index is 1.62. The molecule has 0 saturated heterocycles. The second kappa shape index (κ2) is 11.0. The molecule has 3 aromatic heterocycles. The first-order chi connectivity index (χ1) is 21.1. The zero-order valence-electron chi connectivity index (χ0n) is 23.1. The number of nitrogens with one attached hydrogen (secondary N) is 2. The van der Waals surface area contributed by atoms with E-state index in [2.05, 4.69) is 25.0 Å². The number of furan rings is 1. The van der Waals surface area contributed by atoms with Crippen molar-refractivity contribution in [2.45, 2.75) is 6.92 Å². The highest BCUT2D eigenvalue weighted by molar-refractivity contribution is 7.92. The molecule has 44 heavy (non-hydrogen) atoms. The molecule has 0 unspecified atom stereocenters. The van der Waals surface area contributed by atoms with Crippen molar-refractivity contribution in [1.82, 2.24) is 24.8 Å². The minimum atomic E-state index is -3.82. The van der Waals surface area contributed by atoms with Gasteiger partial charge in [-0.1, -0.05) is 6.07 Å². The van der Waals surface area contributed by atoms with Crippen LogP contribution in [0.3, 0.4) is 0 Å². The second-order valence-corrected chi connectivity index (χ2v) is 11.6. The largest absolute Gasteiger partial charge is 0.455 e. The summed E-state index contributed by atoms with van der Waals surface area (Å²) in [6, 6.07) is 13.6. The van der Waals surface area contributed by atoms with Crippen LogP contribution in [-0.4, -0.2) is 46.6 Å². The Kier molecular flexibility index (Phi) is 7.13. The molecule has 0 fully saturated rings. The van der Waals surface area contributed by atoms with Crippen molar-refractivity contribution >= 4 is 43.8 Å². The first-order valence-corrected chi connectivity index (χ1v) is 14.8. The van der Waals surface area contributed by atoms with E-state index in [-0.39, 0.29) is 56.5 Å². The third-order valence-electron chi connectivity index (χ3n) is 6.87. The predicted molar refractivity (Wildman–Crippen MR) is 160 cm³/mol. The van der Waals surface area contributed by atoms with Gasteiger partial charge in [-0.3, -0.25) is 18.9 Å². The van der Waals surface area contributed by atoms with E-state index in [1.165, 1.54) is 81.1 Å². The van der Waals surface area contributed by atoms with Gasteiger partial charge in [0, 0.05) is 29.6 Å². The van der Waals surface area contributed by atoms with Gasteiger partial charge in [0.2, 0.25) is 10.0 Å². The highest BCUT2D eigenvalue weighted by Crippen LogP contribution is 2.39. The van der Waals surface area contributed by atoms with E-state index >= 15 is 0 Å². The minimum Gasteiger partial charge on any atom is -0.455 e. The Bertz CT molecular complexity index is 2270. The summed E-state index contributed by atoms with van der Waals surface area (Å²) in [6.07, 6.45) is 2.52. The molecular formula is C30H22F2N6O5S. The number of nitrogens with zero attached hydrogens (tertiary/aromatic N) is 4. The van der Waals surface area contributed by atoms with Gasteiger partial charge in [0.25, 0.3) is 11.5 Å². The monoisotopic (exact) mass is 616 g/mol. The molecule has 2 N–H and O–H groups in total. The van der Waals surface area contributed by atoms with E-state index in [0.29, 0.717) is 10.9 Å². The van der Waals surface area contributed by atoms with E-state index in [9.17, 15) is 26.8 Å². The van der Waals surface area contributed by atoms with Crippen molar-refractivity contribution in [3.05, 3.63) is 101 Å². The number of hydrogen-bond donors (Lipinski definition) is 2. The molecule has 0 aliphatic carbocycles. The van der Waals surface area contributed by atoms with Gasteiger partial charge in [0.15, 0.2) is 11.2 Å². The molecule has 0 aliphatic rings. The molecule has 3 heterocycles. The Morgan fingerprint density at radius 2 is 1.80 bits per heavy atom. The standard InChI is InChI=1S/C30H22F2N6O5S/c1-3-44(41,42)37-22-13-24-21(25(29(39)33-2)27(43-24)16-7-9-17(31)10-8-16)12-20(22)23-14-34-28-26(36-23)30(40)38(15-35-28)19-6-4-5-18(32)11-19/h4-15,37H,3H2,1-2H3,(H,33,39). The molecule has 0 radical (unpaired) electrons. The van der Waals surface area contributed by atoms with Crippen molar-refractivity contribution in [3.8, 4) is 28.3 Å². The lowest BCUT2D eigenvalue weighted by molar-refractivity contribution is 0.0964. The second-order valence-electron chi connectivity index (χ2n) is 9.62. The first-order valence-electron chi connectivity index (χ1n) is 13.2. The number of carbonyl (C=O) groups excluding carboxylic acids is 1. The fourth-order valence-electron chi connectivity index (χ4n) is 4.67. The lowest BCUT2D eigenvalue weighted by atomic mass is 10.0. The molecule has 0 aliphatic heterocycles. The summed E-state index contributed by atoms with van der Waals surface area (Å²) in [5.74, 6) is -1.66. The SMILES string of the molecule is CCS(=O)(=O)Nc1cc2oc(-c3ccc(F)cc3)c(C(=O)NC)c2cc1-c1cnc2ncn(-c3cccc(F)c3)c(=O)c2n1. The maximum atomic E-state index is 13.9. The van der Waals surface area contributed by atoms with Crippen molar-refractivity contribution in [3.63, 3.8) is 0 Å². The topological polar surface area (TPSA) is 149 Å². The van der Waals surface area contributed by atoms with Crippen LogP contribution in [0.25, 0.3) is 50.4 Å². The lowest BCUT2D eigenvalue weighted by Crippen LogP contribution is -2.20. The van der Waals surface area contributed by atoms with E-state index in [0.717, 1.165) is 10.6 Å². The van der Waals surface area contributed by atoms with Crippen molar-refractivity contribution in [1.29, 1.82) is 0 Å². The molecular weight excluding hydrogens is 594 g/mol. The molecule has 6 aromatic rings. The van der Waals surface area contributed by atoms with Crippen LogP contribution in [0.4, 0.5) is 14.5 Å². The number of rotatable bonds is 7. The van der Waals surface area contributed by atoms with Gasteiger partial charge in [0.05, 0.1) is 34.6 Å². The maximum absolute atomic E-state index is 13.9. The van der Waals surface area contributed by atoms with Gasteiger partial charge in [-0.2, -0.15) is 0 Å². The number of amides is 1. The van der Waals surface area contributed by atoms with Crippen molar-refractivity contribution < 1.29 is 26.4 Å². The maximum Gasteiger partial charge on any atom is 0.286 e. The molecule has 1 amide bonds. The fourth-order valence-corrected chi connectivity index (χ4v) is 5.32. The summed E-state index contributed by atoms with van der Waals surface area (Å²) in [7, 11) is -2.39. The van der Waals surface area contributed by atoms with Crippen LogP contribution >= 0.6 is 0 Å². The van der Waals surface area contributed by atoms with E-state index in [4.69, 9.17) is 4.42 Å². The van der Waals surface area contributed by atoms with Gasteiger partial charge in [-0.25, -0.2) is 32.2 Å². The Morgan fingerprint density at radius 3 is 2.50 bits per heavy atom. The number of aromatic nitrogens is 4. The van der Waals surface area contributed by atoms with Crippen LogP contribution in [0, 0.1) is 11.6 Å². The molecule has 11 nitrogen and oxygen atoms in total. The van der Waals surface area contributed by atoms with Crippen molar-refractivity contribution in [2.75, 3.05) is 17.5 Å². The van der Waals surface area contributed by atoms with Gasteiger partial charge in [-0.15, -0.1) is 0 Å². The third-order valence-corrected chi connectivity index (χ3v) is 8.16. The Morgan fingerprint density at radius 1 is 1.02 bits per heavy atom. The van der Waals surface area contributed by atoms with Gasteiger partial charge in [-0.05, 0) is 55.5 Å². The van der Waals surface area contributed by atoms with Crippen molar-refractivity contribution in [2.24, 2.45) is 0 Å². The smallest absolute Gasteiger partial charge is 0.286 e. The van der Waals surface area contributed by atoms with Crippen LogP contribution < -0.4 is 15.6 Å². The zero-order chi connectivity index (χ0) is 31.2. The van der Waals surface area contributed by atoms with Gasteiger partial charge in [0.1, 0.15) is 29.3 Å². The van der Waals surface area contributed by atoms with Gasteiger partial charge < -0.3 is 9.73 Å². The molecule has 222 valence electrons. The predicted octanol–water partition coefficient (Wildman–Crippen LogP) is 4.66. The third kappa shape index (κ3) is 5.15. The summed E-state index contributed by atoms with van der Waals surface area (Å²) in [6.45, 7) is 1.46. The van der Waals surface area contributed by atoms with Crippen LogP contribution in [0.5, 0.6) is 0 Å². The number of sulfonamides is 1. The molecule has 0 atom stereocenters. The first kappa shape index (κ1) is 28.6. The van der Waals surface area contributed by atoms with Crippen LogP contribution in [0.1, 0.15) is 17.3 Å². The zero-order valence-corrected chi connectivity index (χ0v) is 23.9. The number of benzene rings is 3. The quantitative estimate of drug-likeness (QED) is 0.263. The minimum absolute atomic E-state index is 0.0103. The van der Waals surface area contributed by atoms with E-state index < -0.39 is 33.1 Å². The van der Waals surface area contributed by atoms with Crippen LogP contribution in [0.15, 0.2) is 82.4 Å². The van der Waals surface area contributed by atoms with Crippen LogP contribution in [0.2, 0.25) is 0 Å². The molecule has 3 aromatic carbocycles. The number of hydrogen-bond acceptors (Lipinski definition) is 8. The molecule has 0 saturated carbocycles. The Labute approximate surface area is 248 Å². The lowest BCUT2D eigenvalue weighted by Gasteiger charge is -2.13. The summed E-state index contributed by atoms with van der Waals surface area (Å²) in [5.41, 5.74) is 0.417. The van der Waals surface area contributed by atoms with Gasteiger partial charge >= 0.3 is 0 Å². The fraction of sp³-hybridized carbons (Fsp3) is 0.100. The summed E-state index contributed by atoms with van der Waals surface area (Å²) < 4.78 is 62.6. The van der Waals surface area contributed by atoms with E-state index in [1.807, 2.05) is 0 Å². The molecule has 0 bridgehead atoms. The molecule has 6 rings (SSSR count). The average Bonchev–Trinajstić information content (AvgIpc) is 3.39. The number of anilines is 1. The summed E-state index contributed by atoms with van der Waals surface area (Å²) >= 11 is 0. The highest BCUT2D eigenvalue weighted by atomic mass is 32.2. The normalized spacial score (nSPS) is 11.6. The molecule has 0 spiro atoms. The number of halogens is 2. The highest BCUT2D eigenvalue weighted by Gasteiger charge is 2.25.